The van der Waals surface area contributed by atoms with Crippen LogP contribution in [0.25, 0.3) is 0 Å². The Labute approximate surface area is 134 Å². The Kier molecular flexibility index (Phi) is 5.37. The summed E-state index contributed by atoms with van der Waals surface area (Å²) >= 11 is 6.49. The predicted octanol–water partition coefficient (Wildman–Crippen LogP) is 4.11. The van der Waals surface area contributed by atoms with E-state index in [9.17, 15) is 0 Å². The molecular formula is C17H30ClN3. The van der Waals surface area contributed by atoms with Crippen molar-refractivity contribution in [1.82, 2.24) is 9.78 Å². The Morgan fingerprint density at radius 2 is 2.10 bits per heavy atom. The first-order chi connectivity index (χ1) is 9.86. The van der Waals surface area contributed by atoms with Crippen LogP contribution < -0.4 is 5.73 Å². The van der Waals surface area contributed by atoms with Crippen molar-refractivity contribution in [2.24, 2.45) is 24.6 Å². The monoisotopic (exact) mass is 311 g/mol. The third-order valence-electron chi connectivity index (χ3n) is 5.23. The van der Waals surface area contributed by atoms with E-state index >= 15 is 0 Å². The topological polar surface area (TPSA) is 43.8 Å². The van der Waals surface area contributed by atoms with E-state index in [-0.39, 0.29) is 5.54 Å². The van der Waals surface area contributed by atoms with E-state index in [1.54, 1.807) is 0 Å². The summed E-state index contributed by atoms with van der Waals surface area (Å²) in [5.41, 5.74) is 8.73. The molecule has 0 bridgehead atoms. The van der Waals surface area contributed by atoms with Crippen LogP contribution in [-0.2, 0) is 19.9 Å². The Balaban J connectivity index is 2.13. The van der Waals surface area contributed by atoms with Gasteiger partial charge in [0, 0.05) is 19.0 Å². The molecule has 21 heavy (non-hydrogen) atoms. The first-order valence-corrected chi connectivity index (χ1v) is 8.73. The molecule has 2 rings (SSSR count). The highest BCUT2D eigenvalue weighted by Gasteiger charge is 2.32. The van der Waals surface area contributed by atoms with Crippen molar-refractivity contribution in [2.75, 3.05) is 0 Å². The van der Waals surface area contributed by atoms with Gasteiger partial charge in [0.15, 0.2) is 0 Å². The number of hydrogen-bond acceptors (Lipinski definition) is 2. The lowest BCUT2D eigenvalue weighted by Gasteiger charge is -2.28. The van der Waals surface area contributed by atoms with Crippen LogP contribution in [0.3, 0.4) is 0 Å². The highest BCUT2D eigenvalue weighted by Crippen LogP contribution is 2.35. The van der Waals surface area contributed by atoms with Crippen LogP contribution in [-0.4, -0.2) is 15.3 Å². The fourth-order valence-electron chi connectivity index (χ4n) is 3.65. The summed E-state index contributed by atoms with van der Waals surface area (Å²) in [5.74, 6) is 1.59. The van der Waals surface area contributed by atoms with E-state index in [0.29, 0.717) is 0 Å². The van der Waals surface area contributed by atoms with Crippen molar-refractivity contribution in [3.63, 3.8) is 0 Å². The molecule has 0 amide bonds. The number of aromatic nitrogens is 2. The van der Waals surface area contributed by atoms with Gasteiger partial charge in [-0.15, -0.1) is 0 Å². The SMILES string of the molecule is CCc1nn(C)c(CC2(N)CCCC(C(C)C)CC2)c1Cl. The van der Waals surface area contributed by atoms with Gasteiger partial charge in [0.2, 0.25) is 0 Å². The first kappa shape index (κ1) is 16.8. The number of aryl methyl sites for hydroxylation is 2. The van der Waals surface area contributed by atoms with E-state index in [2.05, 4.69) is 25.9 Å². The molecule has 4 heteroatoms. The number of hydrogen-bond donors (Lipinski definition) is 1. The van der Waals surface area contributed by atoms with E-state index in [4.69, 9.17) is 17.3 Å². The predicted molar refractivity (Wildman–Crippen MR) is 89.6 cm³/mol. The second kappa shape index (κ2) is 6.70. The van der Waals surface area contributed by atoms with Crippen LogP contribution in [0.2, 0.25) is 5.02 Å². The Bertz CT molecular complexity index is 481. The summed E-state index contributed by atoms with van der Waals surface area (Å²) in [5, 5.41) is 5.35. The quantitative estimate of drug-likeness (QED) is 0.850. The second-order valence-electron chi connectivity index (χ2n) is 7.16. The van der Waals surface area contributed by atoms with E-state index in [0.717, 1.165) is 53.9 Å². The number of nitrogens with two attached hydrogens (primary N) is 1. The van der Waals surface area contributed by atoms with Gasteiger partial charge in [-0.25, -0.2) is 0 Å². The van der Waals surface area contributed by atoms with Crippen molar-refractivity contribution >= 4 is 11.6 Å². The lowest BCUT2D eigenvalue weighted by atomic mass is 9.84. The van der Waals surface area contributed by atoms with Crippen LogP contribution in [0.5, 0.6) is 0 Å². The highest BCUT2D eigenvalue weighted by molar-refractivity contribution is 6.31. The molecule has 2 atom stereocenters. The Morgan fingerprint density at radius 1 is 1.38 bits per heavy atom. The Morgan fingerprint density at radius 3 is 2.67 bits per heavy atom. The smallest absolute Gasteiger partial charge is 0.0850 e. The molecule has 1 aliphatic rings. The molecule has 1 heterocycles. The summed E-state index contributed by atoms with van der Waals surface area (Å²) in [7, 11) is 1.98. The third-order valence-corrected chi connectivity index (χ3v) is 5.66. The molecule has 1 aliphatic carbocycles. The highest BCUT2D eigenvalue weighted by atomic mass is 35.5. The second-order valence-corrected chi connectivity index (χ2v) is 7.54. The van der Waals surface area contributed by atoms with E-state index < -0.39 is 0 Å². The van der Waals surface area contributed by atoms with E-state index in [1.807, 2.05) is 11.7 Å². The van der Waals surface area contributed by atoms with Crippen LogP contribution in [0.15, 0.2) is 0 Å². The standard InChI is InChI=1S/C17H30ClN3/c1-5-14-16(18)15(21(4)20-14)11-17(19)9-6-7-13(8-10-17)12(2)3/h12-13H,5-11,19H2,1-4H3. The van der Waals surface area contributed by atoms with Gasteiger partial charge < -0.3 is 5.73 Å². The summed E-state index contributed by atoms with van der Waals surface area (Å²) in [6.45, 7) is 6.76. The molecular weight excluding hydrogens is 282 g/mol. The maximum absolute atomic E-state index is 6.74. The molecule has 1 aromatic heterocycles. The van der Waals surface area contributed by atoms with Gasteiger partial charge in [0.05, 0.1) is 16.4 Å². The van der Waals surface area contributed by atoms with Gasteiger partial charge in [0.1, 0.15) is 0 Å². The molecule has 120 valence electrons. The third kappa shape index (κ3) is 3.81. The maximum atomic E-state index is 6.74. The number of halogens is 1. The van der Waals surface area contributed by atoms with Crippen molar-refractivity contribution in [2.45, 2.75) is 71.3 Å². The zero-order chi connectivity index (χ0) is 15.6. The average molecular weight is 312 g/mol. The molecule has 0 radical (unpaired) electrons. The molecule has 0 spiro atoms. The molecule has 1 fully saturated rings. The van der Waals surface area contributed by atoms with Crippen LogP contribution in [0.4, 0.5) is 0 Å². The lowest BCUT2D eigenvalue weighted by Crippen LogP contribution is -2.42. The summed E-state index contributed by atoms with van der Waals surface area (Å²) < 4.78 is 1.93. The van der Waals surface area contributed by atoms with Crippen molar-refractivity contribution in [3.05, 3.63) is 16.4 Å². The fraction of sp³-hybridized carbons (Fsp3) is 0.824. The summed E-state index contributed by atoms with van der Waals surface area (Å²) in [4.78, 5) is 0. The fourth-order valence-corrected chi connectivity index (χ4v) is 4.01. The zero-order valence-corrected chi connectivity index (χ0v) is 14.7. The van der Waals surface area contributed by atoms with Gasteiger partial charge in [0.25, 0.3) is 0 Å². The van der Waals surface area contributed by atoms with Crippen molar-refractivity contribution in [3.8, 4) is 0 Å². The van der Waals surface area contributed by atoms with E-state index in [1.165, 1.54) is 19.3 Å². The van der Waals surface area contributed by atoms with Gasteiger partial charge in [-0.05, 0) is 37.5 Å². The minimum Gasteiger partial charge on any atom is -0.325 e. The number of rotatable bonds is 4. The van der Waals surface area contributed by atoms with Crippen LogP contribution in [0.1, 0.15) is 64.3 Å². The van der Waals surface area contributed by atoms with Gasteiger partial charge >= 0.3 is 0 Å². The molecule has 0 aliphatic heterocycles. The maximum Gasteiger partial charge on any atom is 0.0850 e. The lowest BCUT2D eigenvalue weighted by molar-refractivity contribution is 0.319. The minimum atomic E-state index is -0.119. The first-order valence-electron chi connectivity index (χ1n) is 8.35. The zero-order valence-electron chi connectivity index (χ0n) is 14.0. The van der Waals surface area contributed by atoms with Gasteiger partial charge in [-0.1, -0.05) is 45.2 Å². The summed E-state index contributed by atoms with van der Waals surface area (Å²) in [6.07, 6.45) is 7.70. The molecule has 1 saturated carbocycles. The Hall–Kier alpha value is -0.540. The average Bonchev–Trinajstić information content (AvgIpc) is 2.61. The normalized spacial score (nSPS) is 27.1. The molecule has 1 aromatic rings. The minimum absolute atomic E-state index is 0.119. The van der Waals surface area contributed by atoms with Crippen molar-refractivity contribution in [1.29, 1.82) is 0 Å². The van der Waals surface area contributed by atoms with Crippen molar-refractivity contribution < 1.29 is 0 Å². The van der Waals surface area contributed by atoms with Crippen LogP contribution in [0, 0.1) is 11.8 Å². The molecule has 2 N–H and O–H groups in total. The summed E-state index contributed by atoms with van der Waals surface area (Å²) in [6, 6.07) is 0. The largest absolute Gasteiger partial charge is 0.325 e. The molecule has 3 nitrogen and oxygen atoms in total. The van der Waals surface area contributed by atoms with Gasteiger partial charge in [-0.2, -0.15) is 5.10 Å². The number of nitrogens with zero attached hydrogens (tertiary/aromatic N) is 2. The molecule has 0 saturated heterocycles. The van der Waals surface area contributed by atoms with Crippen LogP contribution >= 0.6 is 11.6 Å². The molecule has 0 aromatic carbocycles. The van der Waals surface area contributed by atoms with Gasteiger partial charge in [-0.3, -0.25) is 4.68 Å². The molecule has 2 unspecified atom stereocenters.